The molecule has 0 aromatic heterocycles. The predicted octanol–water partition coefficient (Wildman–Crippen LogP) is 4.38. The highest BCUT2D eigenvalue weighted by atomic mass is 16.3. The molecule has 0 bridgehead atoms. The monoisotopic (exact) mass is 264 g/mol. The van der Waals surface area contributed by atoms with E-state index in [9.17, 15) is 0 Å². The molecule has 0 aliphatic heterocycles. The van der Waals surface area contributed by atoms with Crippen LogP contribution < -0.4 is 0 Å². The molecule has 2 heteroatoms. The van der Waals surface area contributed by atoms with Crippen molar-refractivity contribution in [3.8, 4) is 11.5 Å². The average molecular weight is 264 g/mol. The van der Waals surface area contributed by atoms with Gasteiger partial charge in [-0.25, -0.2) is 0 Å². The van der Waals surface area contributed by atoms with Crippen molar-refractivity contribution in [1.29, 1.82) is 0 Å². The van der Waals surface area contributed by atoms with Gasteiger partial charge in [0.15, 0.2) is 0 Å². The number of phenols is 2. The first-order valence-corrected chi connectivity index (χ1v) is 6.33. The Bertz CT molecular complexity index is 560. The smallest absolute Gasteiger partial charge is 0.115 e. The lowest BCUT2D eigenvalue weighted by Gasteiger charge is -1.92. The third-order valence-electron chi connectivity index (χ3n) is 2.70. The van der Waals surface area contributed by atoms with Crippen LogP contribution in [0, 0.1) is 0 Å². The number of hydrogen-bond donors (Lipinski definition) is 2. The largest absolute Gasteiger partial charge is 0.508 e. The minimum atomic E-state index is 0.273. The van der Waals surface area contributed by atoms with Crippen LogP contribution in [0.4, 0.5) is 0 Å². The standard InChI is InChI=1S/C18H16O2/c19-17-11-7-15(8-12-17)5-3-1-2-4-6-16-9-13-18(20)14-10-16/h1-14,19-20H. The van der Waals surface area contributed by atoms with E-state index in [4.69, 9.17) is 10.2 Å². The second kappa shape index (κ2) is 7.00. The molecule has 0 unspecified atom stereocenters. The molecule has 0 heterocycles. The molecule has 0 atom stereocenters. The molecule has 0 amide bonds. The Balaban J connectivity index is 1.87. The summed E-state index contributed by atoms with van der Waals surface area (Å²) < 4.78 is 0. The van der Waals surface area contributed by atoms with Crippen molar-refractivity contribution in [1.82, 2.24) is 0 Å². The molecule has 0 aliphatic carbocycles. The van der Waals surface area contributed by atoms with Gasteiger partial charge in [-0.05, 0) is 35.4 Å². The van der Waals surface area contributed by atoms with E-state index in [1.807, 2.05) is 60.7 Å². The van der Waals surface area contributed by atoms with Crippen LogP contribution in [0.1, 0.15) is 11.1 Å². The van der Waals surface area contributed by atoms with Gasteiger partial charge in [-0.1, -0.05) is 60.7 Å². The molecule has 2 N–H and O–H groups in total. The summed E-state index contributed by atoms with van der Waals surface area (Å²) in [6, 6.07) is 14.1. The van der Waals surface area contributed by atoms with Crippen LogP contribution >= 0.6 is 0 Å². The first kappa shape index (κ1) is 13.7. The van der Waals surface area contributed by atoms with Gasteiger partial charge in [0.05, 0.1) is 0 Å². The molecule has 0 spiro atoms. The van der Waals surface area contributed by atoms with Crippen molar-refractivity contribution in [3.05, 3.63) is 84.0 Å². The molecule has 2 aromatic carbocycles. The number of aromatic hydroxyl groups is 2. The molecular formula is C18H16O2. The molecule has 0 saturated carbocycles. The van der Waals surface area contributed by atoms with Gasteiger partial charge < -0.3 is 10.2 Å². The highest BCUT2D eigenvalue weighted by molar-refractivity contribution is 5.54. The Morgan fingerprint density at radius 1 is 0.500 bits per heavy atom. The van der Waals surface area contributed by atoms with E-state index in [2.05, 4.69) is 0 Å². The number of hydrogen-bond acceptors (Lipinski definition) is 2. The molecule has 2 rings (SSSR count). The van der Waals surface area contributed by atoms with Crippen molar-refractivity contribution >= 4 is 12.2 Å². The van der Waals surface area contributed by atoms with Crippen molar-refractivity contribution < 1.29 is 10.2 Å². The maximum Gasteiger partial charge on any atom is 0.115 e. The summed E-state index contributed by atoms with van der Waals surface area (Å²) in [6.45, 7) is 0. The van der Waals surface area contributed by atoms with E-state index >= 15 is 0 Å². The molecule has 0 radical (unpaired) electrons. The first-order chi connectivity index (χ1) is 9.74. The molecule has 2 nitrogen and oxygen atoms in total. The molecule has 0 saturated heterocycles. The lowest BCUT2D eigenvalue weighted by atomic mass is 10.2. The van der Waals surface area contributed by atoms with E-state index in [-0.39, 0.29) is 11.5 Å². The van der Waals surface area contributed by atoms with E-state index in [1.165, 1.54) is 0 Å². The summed E-state index contributed by atoms with van der Waals surface area (Å²) in [5.74, 6) is 0.545. The molecular weight excluding hydrogens is 248 g/mol. The van der Waals surface area contributed by atoms with Gasteiger partial charge in [-0.3, -0.25) is 0 Å². The summed E-state index contributed by atoms with van der Waals surface area (Å²) in [7, 11) is 0. The average Bonchev–Trinajstić information content (AvgIpc) is 2.46. The summed E-state index contributed by atoms with van der Waals surface area (Å²) in [5, 5.41) is 18.3. The third-order valence-corrected chi connectivity index (χ3v) is 2.70. The fraction of sp³-hybridized carbons (Fsp3) is 0. The molecule has 0 aliphatic rings. The lowest BCUT2D eigenvalue weighted by Crippen LogP contribution is -1.69. The molecule has 100 valence electrons. The SMILES string of the molecule is Oc1ccc(C=CC=CC=Cc2ccc(O)cc2)cc1. The Morgan fingerprint density at radius 3 is 1.20 bits per heavy atom. The molecule has 2 aromatic rings. The Morgan fingerprint density at radius 2 is 0.850 bits per heavy atom. The van der Waals surface area contributed by atoms with Crippen LogP contribution in [0.5, 0.6) is 11.5 Å². The van der Waals surface area contributed by atoms with Crippen LogP contribution in [0.15, 0.2) is 72.8 Å². The van der Waals surface area contributed by atoms with Crippen LogP contribution in [0.25, 0.3) is 12.2 Å². The van der Waals surface area contributed by atoms with Crippen molar-refractivity contribution in [2.45, 2.75) is 0 Å². The molecule has 0 fully saturated rings. The van der Waals surface area contributed by atoms with Gasteiger partial charge in [-0.2, -0.15) is 0 Å². The summed E-state index contributed by atoms with van der Waals surface area (Å²) in [5.41, 5.74) is 2.07. The third kappa shape index (κ3) is 4.50. The minimum Gasteiger partial charge on any atom is -0.508 e. The van der Waals surface area contributed by atoms with E-state index < -0.39 is 0 Å². The van der Waals surface area contributed by atoms with Crippen molar-refractivity contribution in [3.63, 3.8) is 0 Å². The highest BCUT2D eigenvalue weighted by Gasteiger charge is 1.87. The van der Waals surface area contributed by atoms with E-state index in [0.29, 0.717) is 0 Å². The van der Waals surface area contributed by atoms with Crippen LogP contribution in [0.3, 0.4) is 0 Å². The van der Waals surface area contributed by atoms with Crippen LogP contribution in [-0.4, -0.2) is 10.2 Å². The van der Waals surface area contributed by atoms with Crippen LogP contribution in [0.2, 0.25) is 0 Å². The maximum absolute atomic E-state index is 9.16. The Labute approximate surface area is 118 Å². The zero-order chi connectivity index (χ0) is 14.2. The first-order valence-electron chi connectivity index (χ1n) is 6.33. The summed E-state index contributed by atoms with van der Waals surface area (Å²) >= 11 is 0. The molecule has 20 heavy (non-hydrogen) atoms. The number of rotatable bonds is 4. The Kier molecular flexibility index (Phi) is 4.79. The Hall–Kier alpha value is -2.74. The zero-order valence-electron chi connectivity index (χ0n) is 11.0. The second-order valence-corrected chi connectivity index (χ2v) is 4.29. The van der Waals surface area contributed by atoms with Gasteiger partial charge in [-0.15, -0.1) is 0 Å². The minimum absolute atomic E-state index is 0.273. The van der Waals surface area contributed by atoms with Crippen LogP contribution in [-0.2, 0) is 0 Å². The number of allylic oxidation sites excluding steroid dienone is 4. The predicted molar refractivity (Wildman–Crippen MR) is 83.4 cm³/mol. The van der Waals surface area contributed by atoms with Gasteiger partial charge in [0.25, 0.3) is 0 Å². The normalized spacial score (nSPS) is 11.8. The number of benzene rings is 2. The quantitative estimate of drug-likeness (QED) is 0.804. The van der Waals surface area contributed by atoms with Crippen molar-refractivity contribution in [2.24, 2.45) is 0 Å². The number of phenolic OH excluding ortho intramolecular Hbond substituents is 2. The zero-order valence-corrected chi connectivity index (χ0v) is 11.0. The maximum atomic E-state index is 9.16. The summed E-state index contributed by atoms with van der Waals surface area (Å²) in [6.07, 6.45) is 11.7. The fourth-order valence-corrected chi connectivity index (χ4v) is 1.63. The highest BCUT2D eigenvalue weighted by Crippen LogP contribution is 2.11. The summed E-state index contributed by atoms with van der Waals surface area (Å²) in [4.78, 5) is 0. The van der Waals surface area contributed by atoms with Gasteiger partial charge in [0.1, 0.15) is 11.5 Å². The van der Waals surface area contributed by atoms with Gasteiger partial charge in [0, 0.05) is 0 Å². The van der Waals surface area contributed by atoms with Crippen molar-refractivity contribution in [2.75, 3.05) is 0 Å². The van der Waals surface area contributed by atoms with Gasteiger partial charge in [0.2, 0.25) is 0 Å². The van der Waals surface area contributed by atoms with E-state index in [0.717, 1.165) is 11.1 Å². The topological polar surface area (TPSA) is 40.5 Å². The second-order valence-electron chi connectivity index (χ2n) is 4.29. The fourth-order valence-electron chi connectivity index (χ4n) is 1.63. The van der Waals surface area contributed by atoms with E-state index in [1.54, 1.807) is 24.3 Å². The lowest BCUT2D eigenvalue weighted by molar-refractivity contribution is 0.474. The van der Waals surface area contributed by atoms with Gasteiger partial charge >= 0.3 is 0 Å².